The van der Waals surface area contributed by atoms with Gasteiger partial charge in [0.05, 0.1) is 30.3 Å². The van der Waals surface area contributed by atoms with Crippen LogP contribution in [0.25, 0.3) is 0 Å². The van der Waals surface area contributed by atoms with Crippen molar-refractivity contribution in [1.29, 1.82) is 0 Å². The van der Waals surface area contributed by atoms with E-state index in [1.54, 1.807) is 31.4 Å². The van der Waals surface area contributed by atoms with Crippen molar-refractivity contribution in [3.05, 3.63) is 24.3 Å². The highest BCUT2D eigenvalue weighted by atomic mass is 32.2. The van der Waals surface area contributed by atoms with E-state index in [-0.39, 0.29) is 29.0 Å². The quantitative estimate of drug-likeness (QED) is 0.748. The van der Waals surface area contributed by atoms with E-state index in [4.69, 9.17) is 9.47 Å². The molecule has 25 heavy (non-hydrogen) atoms. The van der Waals surface area contributed by atoms with Crippen molar-refractivity contribution in [1.82, 2.24) is 0 Å². The minimum absolute atomic E-state index is 0.116. The second-order valence-electron chi connectivity index (χ2n) is 7.38. The summed E-state index contributed by atoms with van der Waals surface area (Å²) in [6.45, 7) is 0. The zero-order valence-electron chi connectivity index (χ0n) is 14.9. The van der Waals surface area contributed by atoms with Gasteiger partial charge in [-0.05, 0) is 61.8 Å². The van der Waals surface area contributed by atoms with Crippen molar-refractivity contribution in [2.24, 2.45) is 17.3 Å². The molecule has 1 aromatic carbocycles. The van der Waals surface area contributed by atoms with Gasteiger partial charge in [0.15, 0.2) is 9.84 Å². The summed E-state index contributed by atoms with van der Waals surface area (Å²) in [6.07, 6.45) is 5.12. The van der Waals surface area contributed by atoms with Crippen molar-refractivity contribution >= 4 is 15.8 Å². The van der Waals surface area contributed by atoms with Gasteiger partial charge in [-0.3, -0.25) is 4.79 Å². The fraction of sp³-hybridized carbons (Fsp3) is 0.632. The first kappa shape index (κ1) is 18.2. The van der Waals surface area contributed by atoms with Crippen molar-refractivity contribution in [2.45, 2.75) is 43.4 Å². The van der Waals surface area contributed by atoms with Gasteiger partial charge in [-0.1, -0.05) is 12.8 Å². The highest BCUT2D eigenvalue weighted by Crippen LogP contribution is 2.52. The molecule has 2 aliphatic rings. The predicted molar refractivity (Wildman–Crippen MR) is 94.2 cm³/mol. The molecule has 0 amide bonds. The molecule has 0 aromatic heterocycles. The summed E-state index contributed by atoms with van der Waals surface area (Å²) >= 11 is 0. The second-order valence-corrected chi connectivity index (χ2v) is 9.42. The zero-order chi connectivity index (χ0) is 18.1. The van der Waals surface area contributed by atoms with Crippen LogP contribution in [-0.2, 0) is 19.4 Å². The van der Waals surface area contributed by atoms with Gasteiger partial charge in [0.1, 0.15) is 5.75 Å². The van der Waals surface area contributed by atoms with Crippen LogP contribution in [-0.4, -0.2) is 34.4 Å². The molecule has 0 radical (unpaired) electrons. The Labute approximate surface area is 149 Å². The topological polar surface area (TPSA) is 69.7 Å². The Bertz CT molecular complexity index is 725. The molecule has 2 fully saturated rings. The molecule has 2 aliphatic carbocycles. The lowest BCUT2D eigenvalue weighted by atomic mass is 9.59. The monoisotopic (exact) mass is 366 g/mol. The molecule has 138 valence electrons. The first-order valence-corrected chi connectivity index (χ1v) is 10.5. The Morgan fingerprint density at radius 3 is 2.52 bits per heavy atom. The highest BCUT2D eigenvalue weighted by molar-refractivity contribution is 7.91. The Morgan fingerprint density at radius 2 is 1.88 bits per heavy atom. The van der Waals surface area contributed by atoms with Gasteiger partial charge in [-0.2, -0.15) is 0 Å². The fourth-order valence-electron chi connectivity index (χ4n) is 4.62. The van der Waals surface area contributed by atoms with E-state index >= 15 is 0 Å². The van der Waals surface area contributed by atoms with Crippen molar-refractivity contribution in [2.75, 3.05) is 20.0 Å². The number of benzene rings is 1. The van der Waals surface area contributed by atoms with Gasteiger partial charge >= 0.3 is 5.97 Å². The number of carbonyl (C=O) groups is 1. The molecule has 3 rings (SSSR count). The summed E-state index contributed by atoms with van der Waals surface area (Å²) in [5.41, 5.74) is -0.377. The molecule has 0 aliphatic heterocycles. The van der Waals surface area contributed by atoms with Crippen molar-refractivity contribution in [3.63, 3.8) is 0 Å². The number of carbonyl (C=O) groups excluding carboxylic acids is 1. The summed E-state index contributed by atoms with van der Waals surface area (Å²) in [4.78, 5) is 12.6. The molecule has 5 nitrogen and oxygen atoms in total. The lowest BCUT2D eigenvalue weighted by Crippen LogP contribution is -2.44. The molecular formula is C19H26O5S. The largest absolute Gasteiger partial charge is 0.497 e. The molecule has 2 bridgehead atoms. The van der Waals surface area contributed by atoms with Crippen LogP contribution in [0.15, 0.2) is 29.2 Å². The summed E-state index contributed by atoms with van der Waals surface area (Å²) < 4.78 is 35.7. The van der Waals surface area contributed by atoms with Crippen LogP contribution >= 0.6 is 0 Å². The summed E-state index contributed by atoms with van der Waals surface area (Å²) in [5, 5.41) is 0. The maximum atomic E-state index is 12.8. The van der Waals surface area contributed by atoms with Crippen LogP contribution in [0.1, 0.15) is 38.5 Å². The number of fused-ring (bicyclic) bond motifs is 2. The van der Waals surface area contributed by atoms with Gasteiger partial charge in [0.2, 0.25) is 0 Å². The Morgan fingerprint density at radius 1 is 1.16 bits per heavy atom. The minimum atomic E-state index is -3.34. The number of esters is 1. The number of methoxy groups -OCH3 is 2. The third-order valence-electron chi connectivity index (χ3n) is 6.01. The van der Waals surface area contributed by atoms with Gasteiger partial charge < -0.3 is 9.47 Å². The van der Waals surface area contributed by atoms with E-state index < -0.39 is 9.84 Å². The third-order valence-corrected chi connectivity index (χ3v) is 7.87. The Balaban J connectivity index is 1.74. The maximum absolute atomic E-state index is 12.8. The van der Waals surface area contributed by atoms with Gasteiger partial charge in [-0.25, -0.2) is 8.42 Å². The van der Waals surface area contributed by atoms with Gasteiger partial charge in [-0.15, -0.1) is 0 Å². The third kappa shape index (κ3) is 3.54. The zero-order valence-corrected chi connectivity index (χ0v) is 15.7. The average molecular weight is 366 g/mol. The summed E-state index contributed by atoms with van der Waals surface area (Å²) in [5.74, 6) is 1.08. The smallest absolute Gasteiger partial charge is 0.311 e. The van der Waals surface area contributed by atoms with Crippen LogP contribution in [0.4, 0.5) is 0 Å². The molecule has 0 spiro atoms. The molecule has 3 atom stereocenters. The number of hydrogen-bond donors (Lipinski definition) is 0. The molecular weight excluding hydrogens is 340 g/mol. The Hall–Kier alpha value is -1.56. The van der Waals surface area contributed by atoms with E-state index in [0.717, 1.165) is 38.5 Å². The Kier molecular flexibility index (Phi) is 5.09. The number of hydrogen-bond acceptors (Lipinski definition) is 5. The summed E-state index contributed by atoms with van der Waals surface area (Å²) in [7, 11) is -0.336. The van der Waals surface area contributed by atoms with E-state index in [0.29, 0.717) is 10.6 Å². The molecule has 3 unspecified atom stereocenters. The minimum Gasteiger partial charge on any atom is -0.497 e. The normalized spacial score (nSPS) is 29.0. The fourth-order valence-corrected chi connectivity index (χ4v) is 6.37. The molecule has 0 saturated heterocycles. The van der Waals surface area contributed by atoms with Crippen LogP contribution in [0.5, 0.6) is 5.75 Å². The molecule has 0 N–H and O–H groups in total. The number of sulfone groups is 1. The molecule has 6 heteroatoms. The first-order chi connectivity index (χ1) is 11.9. The number of rotatable bonds is 5. The second kappa shape index (κ2) is 6.98. The predicted octanol–water partition coefficient (Wildman–Crippen LogP) is 3.23. The first-order valence-electron chi connectivity index (χ1n) is 8.85. The van der Waals surface area contributed by atoms with E-state index in [2.05, 4.69) is 0 Å². The van der Waals surface area contributed by atoms with E-state index in [9.17, 15) is 13.2 Å². The van der Waals surface area contributed by atoms with Crippen LogP contribution in [0.2, 0.25) is 0 Å². The highest BCUT2D eigenvalue weighted by Gasteiger charge is 2.49. The van der Waals surface area contributed by atoms with Crippen LogP contribution in [0.3, 0.4) is 0 Å². The van der Waals surface area contributed by atoms with Gasteiger partial charge in [0.25, 0.3) is 0 Å². The van der Waals surface area contributed by atoms with Crippen LogP contribution < -0.4 is 4.74 Å². The lowest BCUT2D eigenvalue weighted by Gasteiger charge is -2.46. The van der Waals surface area contributed by atoms with Gasteiger partial charge in [0, 0.05) is 0 Å². The maximum Gasteiger partial charge on any atom is 0.311 e. The van der Waals surface area contributed by atoms with E-state index in [1.807, 2.05) is 0 Å². The van der Waals surface area contributed by atoms with Crippen molar-refractivity contribution in [3.8, 4) is 5.75 Å². The SMILES string of the molecule is COC(=O)C12CCCC(C1)C(CS(=O)(=O)c1ccc(OC)cc1)CC2. The standard InChI is InChI=1S/C19H26O5S/c1-23-16-5-7-17(8-6-16)25(21,22)13-15-9-11-19(18(20)24-2)10-3-4-14(15)12-19/h5-8,14-15H,3-4,9-13H2,1-2H3. The number of ether oxygens (including phenoxy) is 2. The molecule has 2 saturated carbocycles. The average Bonchev–Trinajstić information content (AvgIpc) is 2.63. The van der Waals surface area contributed by atoms with Crippen molar-refractivity contribution < 1.29 is 22.7 Å². The molecule has 1 aromatic rings. The van der Waals surface area contributed by atoms with Crippen LogP contribution in [0, 0.1) is 17.3 Å². The van der Waals surface area contributed by atoms with E-state index in [1.165, 1.54) is 7.11 Å². The lowest BCUT2D eigenvalue weighted by molar-refractivity contribution is -0.159. The molecule has 0 heterocycles. The summed E-state index contributed by atoms with van der Waals surface area (Å²) in [6, 6.07) is 6.57.